The standard InChI is InChI=1S/C19H23N3O3S/c20-26(24,25)17-7-5-15(6-8-17)9-12-21-19(23)11-14-22-13-10-16-3-1-2-4-18(16)22/h1-8H,9-14H2,(H,21,23)(H2,20,24,25). The van der Waals surface area contributed by atoms with Gasteiger partial charge in [0.1, 0.15) is 0 Å². The SMILES string of the molecule is NS(=O)(=O)c1ccc(CCNC(=O)CCN2CCc3ccccc32)cc1. The highest BCUT2D eigenvalue weighted by molar-refractivity contribution is 7.89. The molecule has 0 unspecified atom stereocenters. The van der Waals surface area contributed by atoms with E-state index < -0.39 is 10.0 Å². The number of primary sulfonamides is 1. The first-order valence-electron chi connectivity index (χ1n) is 8.65. The predicted molar refractivity (Wildman–Crippen MR) is 102 cm³/mol. The van der Waals surface area contributed by atoms with Crippen LogP contribution < -0.4 is 15.4 Å². The summed E-state index contributed by atoms with van der Waals surface area (Å²) in [6.07, 6.45) is 2.13. The summed E-state index contributed by atoms with van der Waals surface area (Å²) in [5, 5.41) is 7.99. The van der Waals surface area contributed by atoms with Crippen molar-refractivity contribution in [1.29, 1.82) is 0 Å². The Kier molecular flexibility index (Phi) is 5.58. The number of carbonyl (C=O) groups is 1. The van der Waals surface area contributed by atoms with Crippen LogP contribution in [-0.4, -0.2) is 34.0 Å². The lowest BCUT2D eigenvalue weighted by molar-refractivity contribution is -0.120. The molecule has 1 aliphatic rings. The van der Waals surface area contributed by atoms with Crippen LogP contribution in [0.2, 0.25) is 0 Å². The van der Waals surface area contributed by atoms with Gasteiger partial charge in [0.25, 0.3) is 0 Å². The molecule has 0 saturated carbocycles. The summed E-state index contributed by atoms with van der Waals surface area (Å²) in [4.78, 5) is 14.4. The molecule has 0 bridgehead atoms. The van der Waals surface area contributed by atoms with Gasteiger partial charge in [0, 0.05) is 31.7 Å². The van der Waals surface area contributed by atoms with Gasteiger partial charge < -0.3 is 10.2 Å². The van der Waals surface area contributed by atoms with Crippen LogP contribution >= 0.6 is 0 Å². The second-order valence-electron chi connectivity index (χ2n) is 6.40. The fourth-order valence-electron chi connectivity index (χ4n) is 3.16. The van der Waals surface area contributed by atoms with Crippen LogP contribution in [0.25, 0.3) is 0 Å². The molecule has 0 radical (unpaired) electrons. The van der Waals surface area contributed by atoms with Crippen LogP contribution in [0.4, 0.5) is 5.69 Å². The van der Waals surface area contributed by atoms with Crippen molar-refractivity contribution >= 4 is 21.6 Å². The topological polar surface area (TPSA) is 92.5 Å². The lowest BCUT2D eigenvalue weighted by Crippen LogP contribution is -2.31. The van der Waals surface area contributed by atoms with E-state index in [0.29, 0.717) is 25.9 Å². The van der Waals surface area contributed by atoms with Crippen molar-refractivity contribution in [3.05, 3.63) is 59.7 Å². The highest BCUT2D eigenvalue weighted by atomic mass is 32.2. The molecule has 7 heteroatoms. The minimum atomic E-state index is -3.66. The molecule has 6 nitrogen and oxygen atoms in total. The van der Waals surface area contributed by atoms with Gasteiger partial charge in [-0.25, -0.2) is 13.6 Å². The summed E-state index contributed by atoms with van der Waals surface area (Å²) < 4.78 is 22.4. The Labute approximate surface area is 154 Å². The molecule has 2 aromatic rings. The number of nitrogens with zero attached hydrogens (tertiary/aromatic N) is 1. The number of hydrogen-bond acceptors (Lipinski definition) is 4. The van der Waals surface area contributed by atoms with Crippen LogP contribution in [0.15, 0.2) is 53.4 Å². The van der Waals surface area contributed by atoms with E-state index in [9.17, 15) is 13.2 Å². The summed E-state index contributed by atoms with van der Waals surface area (Å²) in [7, 11) is -3.66. The van der Waals surface area contributed by atoms with Gasteiger partial charge in [-0.3, -0.25) is 4.79 Å². The van der Waals surface area contributed by atoms with Gasteiger partial charge in [-0.15, -0.1) is 0 Å². The van der Waals surface area contributed by atoms with E-state index in [0.717, 1.165) is 18.5 Å². The van der Waals surface area contributed by atoms with E-state index in [1.807, 2.05) is 12.1 Å². The number of fused-ring (bicyclic) bond motifs is 1. The molecular weight excluding hydrogens is 350 g/mol. The Hall–Kier alpha value is -2.38. The van der Waals surface area contributed by atoms with Crippen molar-refractivity contribution in [3.63, 3.8) is 0 Å². The number of hydrogen-bond donors (Lipinski definition) is 2. The van der Waals surface area contributed by atoms with Gasteiger partial charge in [-0.05, 0) is 42.2 Å². The second kappa shape index (κ2) is 7.88. The van der Waals surface area contributed by atoms with Crippen molar-refractivity contribution < 1.29 is 13.2 Å². The molecule has 0 aromatic heterocycles. The number of para-hydroxylation sites is 1. The molecule has 0 saturated heterocycles. The average molecular weight is 373 g/mol. The summed E-state index contributed by atoms with van der Waals surface area (Å²) in [5.74, 6) is 0.0236. The van der Waals surface area contributed by atoms with Crippen LogP contribution in [-0.2, 0) is 27.7 Å². The van der Waals surface area contributed by atoms with E-state index in [1.54, 1.807) is 12.1 Å². The lowest BCUT2D eigenvalue weighted by atomic mass is 10.1. The quantitative estimate of drug-likeness (QED) is 0.768. The van der Waals surface area contributed by atoms with Crippen molar-refractivity contribution in [1.82, 2.24) is 5.32 Å². The highest BCUT2D eigenvalue weighted by Crippen LogP contribution is 2.27. The number of carbonyl (C=O) groups excluding carboxylic acids is 1. The van der Waals surface area contributed by atoms with Gasteiger partial charge in [0.15, 0.2) is 0 Å². The number of anilines is 1. The lowest BCUT2D eigenvalue weighted by Gasteiger charge is -2.18. The Morgan fingerprint density at radius 2 is 1.85 bits per heavy atom. The second-order valence-corrected chi connectivity index (χ2v) is 7.97. The molecule has 3 rings (SSSR count). The maximum Gasteiger partial charge on any atom is 0.238 e. The molecule has 26 heavy (non-hydrogen) atoms. The van der Waals surface area contributed by atoms with E-state index in [1.165, 1.54) is 23.4 Å². The normalized spacial score (nSPS) is 13.5. The predicted octanol–water partition coefficient (Wildman–Crippen LogP) is 1.45. The van der Waals surface area contributed by atoms with Crippen LogP contribution in [0, 0.1) is 0 Å². The maximum absolute atomic E-state index is 12.1. The number of sulfonamides is 1. The first-order chi connectivity index (χ1) is 12.4. The van der Waals surface area contributed by atoms with Crippen molar-refractivity contribution in [2.45, 2.75) is 24.2 Å². The molecule has 0 fully saturated rings. The van der Waals surface area contributed by atoms with Gasteiger partial charge in [0.05, 0.1) is 4.90 Å². The summed E-state index contributed by atoms with van der Waals surface area (Å²) in [6.45, 7) is 2.19. The number of amides is 1. The van der Waals surface area contributed by atoms with Crippen molar-refractivity contribution in [2.24, 2.45) is 5.14 Å². The molecule has 0 atom stereocenters. The number of nitrogens with two attached hydrogens (primary N) is 1. The van der Waals surface area contributed by atoms with E-state index in [2.05, 4.69) is 22.3 Å². The fourth-order valence-corrected chi connectivity index (χ4v) is 3.67. The molecule has 1 heterocycles. The van der Waals surface area contributed by atoms with Gasteiger partial charge >= 0.3 is 0 Å². The largest absolute Gasteiger partial charge is 0.370 e. The summed E-state index contributed by atoms with van der Waals surface area (Å²) in [6, 6.07) is 14.7. The van der Waals surface area contributed by atoms with Gasteiger partial charge in [0.2, 0.25) is 15.9 Å². The number of nitrogens with one attached hydrogen (secondary N) is 1. The third-order valence-corrected chi connectivity index (χ3v) is 5.51. The molecule has 1 amide bonds. The van der Waals surface area contributed by atoms with E-state index >= 15 is 0 Å². The van der Waals surface area contributed by atoms with Crippen LogP contribution in [0.3, 0.4) is 0 Å². The molecule has 1 aliphatic heterocycles. The minimum absolute atomic E-state index is 0.0236. The summed E-state index contributed by atoms with van der Waals surface area (Å²) in [5.41, 5.74) is 3.53. The zero-order chi connectivity index (χ0) is 18.6. The summed E-state index contributed by atoms with van der Waals surface area (Å²) >= 11 is 0. The molecule has 138 valence electrons. The maximum atomic E-state index is 12.1. The highest BCUT2D eigenvalue weighted by Gasteiger charge is 2.18. The number of benzene rings is 2. The van der Waals surface area contributed by atoms with Crippen LogP contribution in [0.5, 0.6) is 0 Å². The first-order valence-corrected chi connectivity index (χ1v) is 10.2. The molecular formula is C19H23N3O3S. The van der Waals surface area contributed by atoms with Gasteiger partial charge in [-0.2, -0.15) is 0 Å². The number of rotatable bonds is 7. The third-order valence-electron chi connectivity index (χ3n) is 4.58. The zero-order valence-corrected chi connectivity index (χ0v) is 15.3. The van der Waals surface area contributed by atoms with Crippen LogP contribution in [0.1, 0.15) is 17.5 Å². The Morgan fingerprint density at radius 3 is 2.58 bits per heavy atom. The first kappa shape index (κ1) is 18.4. The average Bonchev–Trinajstić information content (AvgIpc) is 3.03. The fraction of sp³-hybridized carbons (Fsp3) is 0.316. The smallest absolute Gasteiger partial charge is 0.238 e. The van der Waals surface area contributed by atoms with Gasteiger partial charge in [-0.1, -0.05) is 30.3 Å². The molecule has 3 N–H and O–H groups in total. The molecule has 2 aromatic carbocycles. The minimum Gasteiger partial charge on any atom is -0.370 e. The van der Waals surface area contributed by atoms with Crippen molar-refractivity contribution in [2.75, 3.05) is 24.5 Å². The van der Waals surface area contributed by atoms with E-state index in [4.69, 9.17) is 5.14 Å². The Bertz CT molecular complexity index is 879. The third kappa shape index (κ3) is 4.62. The monoisotopic (exact) mass is 373 g/mol. The Morgan fingerprint density at radius 1 is 1.12 bits per heavy atom. The molecule has 0 aliphatic carbocycles. The van der Waals surface area contributed by atoms with Crippen molar-refractivity contribution in [3.8, 4) is 0 Å². The zero-order valence-electron chi connectivity index (χ0n) is 14.5. The Balaban J connectivity index is 1.41. The molecule has 0 spiro atoms. The van der Waals surface area contributed by atoms with E-state index in [-0.39, 0.29) is 10.8 Å².